The van der Waals surface area contributed by atoms with Crippen molar-refractivity contribution in [3.8, 4) is 0 Å². The van der Waals surface area contributed by atoms with Crippen molar-refractivity contribution >= 4 is 17.8 Å². The van der Waals surface area contributed by atoms with E-state index < -0.39 is 17.4 Å². The standard InChI is InChI=1S/C20H31N3O4/c1-14(24)23-17(10-5-6-11-21)18(25)22-13-20(2,3)16-9-7-8-15(12-16)19(26)27-4/h7-9,12,17H,5-6,10-11,13,21H2,1-4H3,(H,22,25)(H,23,24). The maximum absolute atomic E-state index is 12.5. The second kappa shape index (κ2) is 10.7. The maximum Gasteiger partial charge on any atom is 0.337 e. The van der Waals surface area contributed by atoms with E-state index in [-0.39, 0.29) is 11.8 Å². The highest BCUT2D eigenvalue weighted by molar-refractivity contribution is 5.89. The zero-order chi connectivity index (χ0) is 20.4. The summed E-state index contributed by atoms with van der Waals surface area (Å²) in [6.07, 6.45) is 2.11. The molecule has 2 amide bonds. The summed E-state index contributed by atoms with van der Waals surface area (Å²) in [6, 6.07) is 6.58. The molecule has 0 saturated carbocycles. The van der Waals surface area contributed by atoms with Crippen molar-refractivity contribution in [1.29, 1.82) is 0 Å². The highest BCUT2D eigenvalue weighted by Crippen LogP contribution is 2.23. The van der Waals surface area contributed by atoms with Crippen LogP contribution in [0.5, 0.6) is 0 Å². The number of benzene rings is 1. The lowest BCUT2D eigenvalue weighted by atomic mass is 9.83. The summed E-state index contributed by atoms with van der Waals surface area (Å²) >= 11 is 0. The van der Waals surface area contributed by atoms with Gasteiger partial charge in [-0.2, -0.15) is 0 Å². The molecule has 1 aromatic rings. The number of unbranched alkanes of at least 4 members (excludes halogenated alkanes) is 1. The average Bonchev–Trinajstić information content (AvgIpc) is 2.64. The third-order valence-corrected chi connectivity index (χ3v) is 4.41. The number of carbonyl (C=O) groups is 3. The van der Waals surface area contributed by atoms with Crippen LogP contribution in [-0.4, -0.2) is 44.0 Å². The van der Waals surface area contributed by atoms with Crippen LogP contribution in [0.1, 0.15) is 56.0 Å². The minimum Gasteiger partial charge on any atom is -0.465 e. The first-order chi connectivity index (χ1) is 12.7. The minimum atomic E-state index is -0.578. The van der Waals surface area contributed by atoms with Gasteiger partial charge in [0.2, 0.25) is 11.8 Å². The Morgan fingerprint density at radius 1 is 1.22 bits per heavy atom. The molecular formula is C20H31N3O4. The molecule has 0 heterocycles. The highest BCUT2D eigenvalue weighted by atomic mass is 16.5. The van der Waals surface area contributed by atoms with Crippen molar-refractivity contribution in [2.75, 3.05) is 20.2 Å². The summed E-state index contributed by atoms with van der Waals surface area (Å²) in [6.45, 7) is 6.27. The van der Waals surface area contributed by atoms with E-state index in [1.165, 1.54) is 14.0 Å². The first-order valence-corrected chi connectivity index (χ1v) is 9.15. The molecule has 0 radical (unpaired) electrons. The number of nitrogens with one attached hydrogen (secondary N) is 2. The number of hydrogen-bond acceptors (Lipinski definition) is 5. The van der Waals surface area contributed by atoms with Gasteiger partial charge >= 0.3 is 5.97 Å². The lowest BCUT2D eigenvalue weighted by Gasteiger charge is -2.27. The molecule has 27 heavy (non-hydrogen) atoms. The third-order valence-electron chi connectivity index (χ3n) is 4.41. The van der Waals surface area contributed by atoms with Gasteiger partial charge in [0, 0.05) is 18.9 Å². The molecule has 1 unspecified atom stereocenters. The van der Waals surface area contributed by atoms with Crippen LogP contribution in [0, 0.1) is 0 Å². The highest BCUT2D eigenvalue weighted by Gasteiger charge is 2.25. The molecule has 7 heteroatoms. The lowest BCUT2D eigenvalue weighted by molar-refractivity contribution is -0.128. The molecule has 1 aromatic carbocycles. The average molecular weight is 377 g/mol. The molecule has 1 atom stereocenters. The molecule has 0 aliphatic carbocycles. The Kier molecular flexibility index (Phi) is 8.94. The fourth-order valence-electron chi connectivity index (χ4n) is 2.73. The largest absolute Gasteiger partial charge is 0.465 e. The van der Waals surface area contributed by atoms with E-state index in [0.717, 1.165) is 18.4 Å². The van der Waals surface area contributed by atoms with Gasteiger partial charge in [-0.1, -0.05) is 26.0 Å². The Morgan fingerprint density at radius 2 is 1.93 bits per heavy atom. The van der Waals surface area contributed by atoms with Crippen LogP contribution in [-0.2, 0) is 19.7 Å². The number of nitrogens with two attached hydrogens (primary N) is 1. The molecule has 0 fully saturated rings. The van der Waals surface area contributed by atoms with Crippen LogP contribution in [0.15, 0.2) is 24.3 Å². The van der Waals surface area contributed by atoms with E-state index in [1.807, 2.05) is 19.9 Å². The van der Waals surface area contributed by atoms with Gasteiger partial charge in [0.05, 0.1) is 12.7 Å². The minimum absolute atomic E-state index is 0.223. The summed E-state index contributed by atoms with van der Waals surface area (Å²) in [5, 5.41) is 5.61. The molecule has 0 saturated heterocycles. The SMILES string of the molecule is COC(=O)c1cccc(C(C)(C)CNC(=O)C(CCCCN)NC(C)=O)c1. The number of rotatable bonds is 10. The van der Waals surface area contributed by atoms with E-state index in [4.69, 9.17) is 10.5 Å². The molecule has 150 valence electrons. The zero-order valence-corrected chi connectivity index (χ0v) is 16.6. The summed E-state index contributed by atoms with van der Waals surface area (Å²) in [7, 11) is 1.34. The number of methoxy groups -OCH3 is 1. The molecule has 0 spiro atoms. The van der Waals surface area contributed by atoms with Crippen LogP contribution in [0.25, 0.3) is 0 Å². The maximum atomic E-state index is 12.5. The number of hydrogen-bond donors (Lipinski definition) is 3. The van der Waals surface area contributed by atoms with Crippen molar-refractivity contribution in [2.45, 2.75) is 51.5 Å². The van der Waals surface area contributed by atoms with E-state index in [0.29, 0.717) is 25.1 Å². The summed E-state index contributed by atoms with van der Waals surface area (Å²) in [4.78, 5) is 35.7. The number of ether oxygens (including phenoxy) is 1. The Hall–Kier alpha value is -2.41. The van der Waals surface area contributed by atoms with Gasteiger partial charge in [-0.25, -0.2) is 4.79 Å². The predicted molar refractivity (Wildman–Crippen MR) is 104 cm³/mol. The predicted octanol–water partition coefficient (Wildman–Crippen LogP) is 1.50. The molecule has 0 aliphatic heterocycles. The van der Waals surface area contributed by atoms with E-state index >= 15 is 0 Å². The number of carbonyl (C=O) groups excluding carboxylic acids is 3. The van der Waals surface area contributed by atoms with Crippen LogP contribution in [0.4, 0.5) is 0 Å². The Morgan fingerprint density at radius 3 is 2.52 bits per heavy atom. The first-order valence-electron chi connectivity index (χ1n) is 9.15. The summed E-state index contributed by atoms with van der Waals surface area (Å²) < 4.78 is 4.76. The summed E-state index contributed by atoms with van der Waals surface area (Å²) in [5.74, 6) is -0.866. The number of esters is 1. The van der Waals surface area contributed by atoms with Crippen molar-refractivity contribution in [3.63, 3.8) is 0 Å². The smallest absolute Gasteiger partial charge is 0.337 e. The molecule has 0 bridgehead atoms. The van der Waals surface area contributed by atoms with Crippen LogP contribution in [0.2, 0.25) is 0 Å². The fraction of sp³-hybridized carbons (Fsp3) is 0.550. The first kappa shape index (κ1) is 22.6. The van der Waals surface area contributed by atoms with Crippen molar-refractivity contribution in [3.05, 3.63) is 35.4 Å². The second-order valence-electron chi connectivity index (χ2n) is 7.21. The Labute approximate surface area is 161 Å². The van der Waals surface area contributed by atoms with Gasteiger partial charge in [-0.3, -0.25) is 9.59 Å². The fourth-order valence-corrected chi connectivity index (χ4v) is 2.73. The van der Waals surface area contributed by atoms with Gasteiger partial charge in [0.1, 0.15) is 6.04 Å². The molecule has 4 N–H and O–H groups in total. The van der Waals surface area contributed by atoms with Crippen molar-refractivity contribution in [2.24, 2.45) is 5.73 Å². The van der Waals surface area contributed by atoms with E-state index in [1.54, 1.807) is 18.2 Å². The molecule has 7 nitrogen and oxygen atoms in total. The zero-order valence-electron chi connectivity index (χ0n) is 16.6. The van der Waals surface area contributed by atoms with Crippen LogP contribution >= 0.6 is 0 Å². The molecular weight excluding hydrogens is 346 g/mol. The molecule has 0 aromatic heterocycles. The summed E-state index contributed by atoms with van der Waals surface area (Å²) in [5.41, 5.74) is 6.46. The van der Waals surface area contributed by atoms with Gasteiger partial charge in [0.25, 0.3) is 0 Å². The third kappa shape index (κ3) is 7.38. The second-order valence-corrected chi connectivity index (χ2v) is 7.21. The van der Waals surface area contributed by atoms with E-state index in [9.17, 15) is 14.4 Å². The monoisotopic (exact) mass is 377 g/mol. The Bertz CT molecular complexity index is 658. The van der Waals surface area contributed by atoms with Crippen LogP contribution < -0.4 is 16.4 Å². The van der Waals surface area contributed by atoms with Gasteiger partial charge in [-0.15, -0.1) is 0 Å². The van der Waals surface area contributed by atoms with E-state index in [2.05, 4.69) is 10.6 Å². The Balaban J connectivity index is 2.78. The van der Waals surface area contributed by atoms with Gasteiger partial charge in [-0.05, 0) is 43.5 Å². The topological polar surface area (TPSA) is 111 Å². The molecule has 0 aliphatic rings. The molecule has 1 rings (SSSR count). The van der Waals surface area contributed by atoms with Crippen LogP contribution in [0.3, 0.4) is 0 Å². The van der Waals surface area contributed by atoms with Gasteiger partial charge in [0.15, 0.2) is 0 Å². The van der Waals surface area contributed by atoms with Crippen molar-refractivity contribution in [1.82, 2.24) is 10.6 Å². The quantitative estimate of drug-likeness (QED) is 0.423. The van der Waals surface area contributed by atoms with Crippen molar-refractivity contribution < 1.29 is 19.1 Å². The normalized spacial score (nSPS) is 12.2. The van der Waals surface area contributed by atoms with Gasteiger partial charge < -0.3 is 21.1 Å². The number of amides is 2. The lowest BCUT2D eigenvalue weighted by Crippen LogP contribution is -2.48.